The van der Waals surface area contributed by atoms with Gasteiger partial charge in [0.15, 0.2) is 0 Å². The molecular formula is C14H20O2. The van der Waals surface area contributed by atoms with Crippen molar-refractivity contribution in [1.29, 1.82) is 0 Å². The maximum absolute atomic E-state index is 11.7. The maximum Gasteiger partial charge on any atom is 0.334 e. The predicted molar refractivity (Wildman–Crippen MR) is 63.9 cm³/mol. The van der Waals surface area contributed by atoms with Gasteiger partial charge in [-0.15, -0.1) is 6.58 Å². The van der Waals surface area contributed by atoms with Gasteiger partial charge in [-0.25, -0.2) is 4.79 Å². The summed E-state index contributed by atoms with van der Waals surface area (Å²) < 4.78 is 4.86. The van der Waals surface area contributed by atoms with Crippen molar-refractivity contribution in [2.45, 2.75) is 38.5 Å². The first-order valence-corrected chi connectivity index (χ1v) is 6.21. The molecule has 0 N–H and O–H groups in total. The molecule has 0 radical (unpaired) electrons. The zero-order valence-electron chi connectivity index (χ0n) is 10.00. The lowest BCUT2D eigenvalue weighted by atomic mass is 10.1. The number of carbonyl (C=O) groups is 1. The fraction of sp³-hybridized carbons (Fsp3) is 0.643. The van der Waals surface area contributed by atoms with E-state index in [1.54, 1.807) is 6.08 Å². The minimum absolute atomic E-state index is 0.150. The van der Waals surface area contributed by atoms with E-state index in [0.717, 1.165) is 5.57 Å². The standard InChI is InChI=1S/C14H20O2/c1-3-7-12(14(15)16-2)13-10-8-5-4-6-9-11(10)13/h3,10-11H,1,4-9H2,2H3. The van der Waals surface area contributed by atoms with E-state index < -0.39 is 0 Å². The van der Waals surface area contributed by atoms with Crippen molar-refractivity contribution >= 4 is 5.97 Å². The molecule has 2 aliphatic rings. The van der Waals surface area contributed by atoms with Gasteiger partial charge >= 0.3 is 5.97 Å². The zero-order valence-corrected chi connectivity index (χ0v) is 10.00. The van der Waals surface area contributed by atoms with Gasteiger partial charge < -0.3 is 4.74 Å². The van der Waals surface area contributed by atoms with Gasteiger partial charge in [0.1, 0.15) is 0 Å². The summed E-state index contributed by atoms with van der Waals surface area (Å²) in [6.07, 6.45) is 8.97. The SMILES string of the molecule is C=CCC(C(=O)OC)=C1C2CCCCCC12. The average Bonchev–Trinajstić information content (AvgIpc) is 3.00. The van der Waals surface area contributed by atoms with Crippen LogP contribution in [0, 0.1) is 11.8 Å². The number of allylic oxidation sites excluding steroid dienone is 2. The van der Waals surface area contributed by atoms with Crippen molar-refractivity contribution in [3.63, 3.8) is 0 Å². The van der Waals surface area contributed by atoms with Crippen LogP contribution in [0.15, 0.2) is 23.8 Å². The van der Waals surface area contributed by atoms with E-state index in [9.17, 15) is 4.79 Å². The Morgan fingerprint density at radius 3 is 2.50 bits per heavy atom. The molecule has 16 heavy (non-hydrogen) atoms. The van der Waals surface area contributed by atoms with Gasteiger partial charge in [0, 0.05) is 5.57 Å². The van der Waals surface area contributed by atoms with Crippen molar-refractivity contribution in [3.8, 4) is 0 Å². The van der Waals surface area contributed by atoms with Gasteiger partial charge in [0.05, 0.1) is 7.11 Å². The molecule has 0 aromatic carbocycles. The van der Waals surface area contributed by atoms with Crippen LogP contribution in [-0.4, -0.2) is 13.1 Å². The molecular weight excluding hydrogens is 200 g/mol. The fourth-order valence-electron chi connectivity index (χ4n) is 3.03. The molecule has 2 atom stereocenters. The Hall–Kier alpha value is -1.05. The molecule has 2 fully saturated rings. The number of carbonyl (C=O) groups excluding carboxylic acids is 1. The van der Waals surface area contributed by atoms with E-state index in [-0.39, 0.29) is 5.97 Å². The molecule has 88 valence electrons. The Morgan fingerprint density at radius 2 is 2.00 bits per heavy atom. The lowest BCUT2D eigenvalue weighted by Crippen LogP contribution is -2.05. The Kier molecular flexibility index (Phi) is 3.47. The summed E-state index contributed by atoms with van der Waals surface area (Å²) >= 11 is 0. The summed E-state index contributed by atoms with van der Waals surface area (Å²) in [5, 5.41) is 0. The molecule has 0 aromatic rings. The molecule has 2 aliphatic carbocycles. The molecule has 0 saturated heterocycles. The summed E-state index contributed by atoms with van der Waals surface area (Å²) in [4.78, 5) is 11.7. The molecule has 2 saturated carbocycles. The van der Waals surface area contributed by atoms with E-state index in [1.807, 2.05) is 0 Å². The van der Waals surface area contributed by atoms with Crippen LogP contribution < -0.4 is 0 Å². The Morgan fingerprint density at radius 1 is 1.38 bits per heavy atom. The van der Waals surface area contributed by atoms with Crippen LogP contribution in [-0.2, 0) is 9.53 Å². The topological polar surface area (TPSA) is 26.3 Å². The first-order valence-electron chi connectivity index (χ1n) is 6.21. The zero-order chi connectivity index (χ0) is 11.5. The molecule has 0 amide bonds. The number of rotatable bonds is 3. The number of esters is 1. The highest BCUT2D eigenvalue weighted by atomic mass is 16.5. The molecule has 0 bridgehead atoms. The Bertz CT molecular complexity index is 314. The monoisotopic (exact) mass is 220 g/mol. The smallest absolute Gasteiger partial charge is 0.334 e. The lowest BCUT2D eigenvalue weighted by Gasteiger charge is -2.03. The minimum Gasteiger partial charge on any atom is -0.466 e. The van der Waals surface area contributed by atoms with Crippen molar-refractivity contribution in [3.05, 3.63) is 23.8 Å². The van der Waals surface area contributed by atoms with E-state index in [0.29, 0.717) is 18.3 Å². The van der Waals surface area contributed by atoms with E-state index >= 15 is 0 Å². The number of methoxy groups -OCH3 is 1. The summed E-state index contributed by atoms with van der Waals surface area (Å²) in [5.41, 5.74) is 2.26. The lowest BCUT2D eigenvalue weighted by molar-refractivity contribution is -0.136. The third kappa shape index (κ3) is 2.06. The number of fused-ring (bicyclic) bond motifs is 1. The Labute approximate surface area is 97.4 Å². The molecule has 0 aliphatic heterocycles. The van der Waals surface area contributed by atoms with Gasteiger partial charge in [0.25, 0.3) is 0 Å². The second-order valence-electron chi connectivity index (χ2n) is 4.77. The predicted octanol–water partition coefficient (Wildman–Crippen LogP) is 3.24. The van der Waals surface area contributed by atoms with Gasteiger partial charge in [-0.2, -0.15) is 0 Å². The molecule has 2 nitrogen and oxygen atoms in total. The average molecular weight is 220 g/mol. The maximum atomic E-state index is 11.7. The van der Waals surface area contributed by atoms with Crippen molar-refractivity contribution < 1.29 is 9.53 Å². The summed E-state index contributed by atoms with van der Waals surface area (Å²) in [6, 6.07) is 0. The normalized spacial score (nSPS) is 27.7. The quantitative estimate of drug-likeness (QED) is 0.414. The van der Waals surface area contributed by atoms with Crippen molar-refractivity contribution in [1.82, 2.24) is 0 Å². The van der Waals surface area contributed by atoms with Gasteiger partial charge in [-0.3, -0.25) is 0 Å². The second-order valence-corrected chi connectivity index (χ2v) is 4.77. The molecule has 2 rings (SSSR count). The molecule has 0 aromatic heterocycles. The third-order valence-electron chi connectivity index (χ3n) is 3.83. The van der Waals surface area contributed by atoms with Crippen LogP contribution in [0.25, 0.3) is 0 Å². The second kappa shape index (κ2) is 4.86. The number of ether oxygens (including phenoxy) is 1. The van der Waals surface area contributed by atoms with Gasteiger partial charge in [-0.1, -0.05) is 30.9 Å². The molecule has 0 heterocycles. The molecule has 0 spiro atoms. The van der Waals surface area contributed by atoms with Crippen LogP contribution in [0.1, 0.15) is 38.5 Å². The van der Waals surface area contributed by atoms with Crippen molar-refractivity contribution in [2.24, 2.45) is 11.8 Å². The number of hydrogen-bond donors (Lipinski definition) is 0. The first kappa shape index (κ1) is 11.4. The fourth-order valence-corrected chi connectivity index (χ4v) is 3.03. The minimum atomic E-state index is -0.150. The Balaban J connectivity index is 2.18. The molecule has 2 unspecified atom stereocenters. The largest absolute Gasteiger partial charge is 0.466 e. The van der Waals surface area contributed by atoms with E-state index in [2.05, 4.69) is 6.58 Å². The van der Waals surface area contributed by atoms with E-state index in [4.69, 9.17) is 4.74 Å². The first-order chi connectivity index (χ1) is 7.79. The third-order valence-corrected chi connectivity index (χ3v) is 3.83. The van der Waals surface area contributed by atoms with Crippen LogP contribution in [0.2, 0.25) is 0 Å². The highest BCUT2D eigenvalue weighted by Gasteiger charge is 2.46. The van der Waals surface area contributed by atoms with Crippen LogP contribution in [0.5, 0.6) is 0 Å². The van der Waals surface area contributed by atoms with Crippen LogP contribution >= 0.6 is 0 Å². The molecule has 2 heteroatoms. The number of hydrogen-bond acceptors (Lipinski definition) is 2. The summed E-state index contributed by atoms with van der Waals surface area (Å²) in [7, 11) is 1.46. The van der Waals surface area contributed by atoms with Crippen LogP contribution in [0.4, 0.5) is 0 Å². The highest BCUT2D eigenvalue weighted by Crippen LogP contribution is 2.55. The highest BCUT2D eigenvalue weighted by molar-refractivity contribution is 5.90. The van der Waals surface area contributed by atoms with Crippen molar-refractivity contribution in [2.75, 3.05) is 7.11 Å². The van der Waals surface area contributed by atoms with E-state index in [1.165, 1.54) is 44.8 Å². The van der Waals surface area contributed by atoms with Crippen LogP contribution in [0.3, 0.4) is 0 Å². The summed E-state index contributed by atoms with van der Waals surface area (Å²) in [5.74, 6) is 1.20. The summed E-state index contributed by atoms with van der Waals surface area (Å²) in [6.45, 7) is 3.72. The van der Waals surface area contributed by atoms with Gasteiger partial charge in [-0.05, 0) is 31.1 Å². The van der Waals surface area contributed by atoms with Gasteiger partial charge in [0.2, 0.25) is 0 Å².